The predicted octanol–water partition coefficient (Wildman–Crippen LogP) is 7.78. The van der Waals surface area contributed by atoms with E-state index < -0.39 is 0 Å². The highest BCUT2D eigenvalue weighted by atomic mass is 16.3. The molecule has 0 unspecified atom stereocenters. The van der Waals surface area contributed by atoms with E-state index in [1.165, 1.54) is 22.1 Å². The predicted molar refractivity (Wildman–Crippen MR) is 141 cm³/mol. The van der Waals surface area contributed by atoms with Crippen LogP contribution in [-0.2, 0) is 5.41 Å². The third-order valence-corrected chi connectivity index (χ3v) is 7.66. The summed E-state index contributed by atoms with van der Waals surface area (Å²) in [6.45, 7) is 4.51. The highest BCUT2D eigenvalue weighted by Crippen LogP contribution is 2.54. The minimum atomic E-state index is -0.199. The van der Waals surface area contributed by atoms with E-state index in [9.17, 15) is 0 Å². The van der Waals surface area contributed by atoms with Crippen molar-refractivity contribution in [3.63, 3.8) is 0 Å². The minimum Gasteiger partial charge on any atom is -0.457 e. The molecule has 0 radical (unpaired) electrons. The zero-order valence-electron chi connectivity index (χ0n) is 19.4. The van der Waals surface area contributed by atoms with E-state index in [1.54, 1.807) is 6.33 Å². The third kappa shape index (κ3) is 2.27. The molecule has 4 heteroatoms. The van der Waals surface area contributed by atoms with Crippen molar-refractivity contribution >= 4 is 43.7 Å². The van der Waals surface area contributed by atoms with Crippen LogP contribution >= 0.6 is 0 Å². The Morgan fingerprint density at radius 2 is 1.46 bits per heavy atom. The Bertz CT molecular complexity index is 1980. The van der Waals surface area contributed by atoms with Gasteiger partial charge in [0, 0.05) is 32.5 Å². The molecule has 35 heavy (non-hydrogen) atoms. The number of hydrogen-bond acceptors (Lipinski definition) is 3. The van der Waals surface area contributed by atoms with Crippen molar-refractivity contribution in [2.45, 2.75) is 19.3 Å². The second-order valence-electron chi connectivity index (χ2n) is 9.88. The van der Waals surface area contributed by atoms with Crippen LogP contribution in [0.25, 0.3) is 60.6 Å². The van der Waals surface area contributed by atoms with Gasteiger partial charge in [-0.1, -0.05) is 60.7 Å². The van der Waals surface area contributed by atoms with Crippen LogP contribution in [0.3, 0.4) is 0 Å². The van der Waals surface area contributed by atoms with Crippen LogP contribution in [0.4, 0.5) is 0 Å². The fourth-order valence-corrected chi connectivity index (χ4v) is 6.07. The third-order valence-electron chi connectivity index (χ3n) is 7.66. The molecule has 3 heterocycles. The molecule has 0 aliphatic heterocycles. The first-order chi connectivity index (χ1) is 17.1. The maximum Gasteiger partial charge on any atom is 0.159 e. The Morgan fingerprint density at radius 1 is 0.714 bits per heavy atom. The standard InChI is InChI=1S/C31H21N3O/c1-31(2)23-12-6-3-10-20(23)26-22-16-15-19-18-9-5-8-14-25(18)34(27(19)28(22)35-29(26)31)30-21-11-4-7-13-24(21)32-17-33-30/h3-17H,1-2H3. The highest BCUT2D eigenvalue weighted by Gasteiger charge is 2.40. The van der Waals surface area contributed by atoms with Gasteiger partial charge in [0.25, 0.3) is 0 Å². The normalized spacial score (nSPS) is 14.2. The monoisotopic (exact) mass is 451 g/mol. The van der Waals surface area contributed by atoms with Crippen LogP contribution in [-0.4, -0.2) is 14.5 Å². The van der Waals surface area contributed by atoms with Crippen LogP contribution in [0.1, 0.15) is 25.2 Å². The van der Waals surface area contributed by atoms with Gasteiger partial charge < -0.3 is 4.42 Å². The number of benzene rings is 4. The largest absolute Gasteiger partial charge is 0.457 e. The molecule has 0 spiro atoms. The fourth-order valence-electron chi connectivity index (χ4n) is 6.07. The van der Waals surface area contributed by atoms with E-state index in [-0.39, 0.29) is 5.41 Å². The lowest BCUT2D eigenvalue weighted by molar-refractivity contribution is 0.466. The Kier molecular flexibility index (Phi) is 3.44. The van der Waals surface area contributed by atoms with Crippen molar-refractivity contribution in [1.82, 2.24) is 14.5 Å². The lowest BCUT2D eigenvalue weighted by atomic mass is 9.86. The molecule has 4 aromatic carbocycles. The molecule has 1 aliphatic rings. The molecular formula is C31H21N3O. The first-order valence-corrected chi connectivity index (χ1v) is 11.9. The van der Waals surface area contributed by atoms with E-state index >= 15 is 0 Å². The van der Waals surface area contributed by atoms with Crippen molar-refractivity contribution < 1.29 is 4.42 Å². The molecule has 3 aromatic heterocycles. The summed E-state index contributed by atoms with van der Waals surface area (Å²) in [6.07, 6.45) is 1.65. The Labute approximate surface area is 201 Å². The van der Waals surface area contributed by atoms with Crippen LogP contribution in [0.2, 0.25) is 0 Å². The molecule has 8 rings (SSSR count). The smallest absolute Gasteiger partial charge is 0.159 e. The summed E-state index contributed by atoms with van der Waals surface area (Å²) in [5, 5.41) is 4.50. The van der Waals surface area contributed by atoms with Gasteiger partial charge >= 0.3 is 0 Å². The van der Waals surface area contributed by atoms with Crippen molar-refractivity contribution in [1.29, 1.82) is 0 Å². The van der Waals surface area contributed by atoms with Gasteiger partial charge in [-0.2, -0.15) is 0 Å². The Hall–Kier alpha value is -4.44. The second-order valence-corrected chi connectivity index (χ2v) is 9.88. The summed E-state index contributed by atoms with van der Waals surface area (Å²) in [7, 11) is 0. The Morgan fingerprint density at radius 3 is 2.37 bits per heavy atom. The molecule has 4 nitrogen and oxygen atoms in total. The average molecular weight is 452 g/mol. The summed E-state index contributed by atoms with van der Waals surface area (Å²) in [5.41, 5.74) is 7.59. The van der Waals surface area contributed by atoms with Gasteiger partial charge in [-0.15, -0.1) is 0 Å². The summed E-state index contributed by atoms with van der Waals surface area (Å²) >= 11 is 0. The van der Waals surface area contributed by atoms with Gasteiger partial charge in [-0.25, -0.2) is 9.97 Å². The number of fused-ring (bicyclic) bond motifs is 10. The van der Waals surface area contributed by atoms with Crippen molar-refractivity contribution in [2.24, 2.45) is 0 Å². The maximum absolute atomic E-state index is 6.86. The van der Waals surface area contributed by atoms with E-state index in [1.807, 2.05) is 18.2 Å². The van der Waals surface area contributed by atoms with Crippen molar-refractivity contribution in [2.75, 3.05) is 0 Å². The highest BCUT2D eigenvalue weighted by molar-refractivity contribution is 6.20. The van der Waals surface area contributed by atoms with Gasteiger partial charge in [-0.3, -0.25) is 4.57 Å². The lowest BCUT2D eigenvalue weighted by Crippen LogP contribution is -2.14. The number of hydrogen-bond donors (Lipinski definition) is 0. The summed E-state index contributed by atoms with van der Waals surface area (Å²) in [4.78, 5) is 9.31. The summed E-state index contributed by atoms with van der Waals surface area (Å²) in [5.74, 6) is 1.90. The van der Waals surface area contributed by atoms with Crippen molar-refractivity contribution in [3.8, 4) is 16.9 Å². The lowest BCUT2D eigenvalue weighted by Gasteiger charge is -2.18. The number of rotatable bonds is 1. The average Bonchev–Trinajstić information content (AvgIpc) is 3.51. The molecule has 0 fully saturated rings. The molecule has 166 valence electrons. The maximum atomic E-state index is 6.86. The summed E-state index contributed by atoms with van der Waals surface area (Å²) < 4.78 is 9.12. The SMILES string of the molecule is CC1(C)c2ccccc2-c2c1oc1c2ccc2c3ccccc3n(-c3ncnc4ccccc34)c21. The van der Waals surface area contributed by atoms with Gasteiger partial charge in [-0.05, 0) is 49.2 Å². The molecule has 1 aliphatic carbocycles. The van der Waals surface area contributed by atoms with E-state index in [0.717, 1.165) is 49.9 Å². The quantitative estimate of drug-likeness (QED) is 0.256. The molecule has 0 atom stereocenters. The molecule has 0 saturated heterocycles. The molecule has 7 aromatic rings. The van der Waals surface area contributed by atoms with Crippen LogP contribution in [0.5, 0.6) is 0 Å². The number of para-hydroxylation sites is 2. The number of aromatic nitrogens is 3. The zero-order chi connectivity index (χ0) is 23.3. The van der Waals surface area contributed by atoms with E-state index in [0.29, 0.717) is 0 Å². The van der Waals surface area contributed by atoms with Gasteiger partial charge in [0.2, 0.25) is 0 Å². The van der Waals surface area contributed by atoms with Crippen molar-refractivity contribution in [3.05, 3.63) is 103 Å². The van der Waals surface area contributed by atoms with Gasteiger partial charge in [0.15, 0.2) is 5.58 Å². The van der Waals surface area contributed by atoms with Crippen LogP contribution in [0.15, 0.2) is 95.7 Å². The van der Waals surface area contributed by atoms with Crippen LogP contribution < -0.4 is 0 Å². The first-order valence-electron chi connectivity index (χ1n) is 11.9. The molecule has 0 bridgehead atoms. The molecule has 0 N–H and O–H groups in total. The molecule has 0 saturated carbocycles. The Balaban J connectivity index is 1.59. The molecule has 0 amide bonds. The first kappa shape index (κ1) is 18.9. The number of furan rings is 1. The topological polar surface area (TPSA) is 43.9 Å². The van der Waals surface area contributed by atoms with Crippen LogP contribution in [0, 0.1) is 0 Å². The van der Waals surface area contributed by atoms with Gasteiger partial charge in [0.05, 0.1) is 16.6 Å². The second kappa shape index (κ2) is 6.36. The van der Waals surface area contributed by atoms with E-state index in [2.05, 4.69) is 90.1 Å². The fraction of sp³-hybridized carbons (Fsp3) is 0.0968. The minimum absolute atomic E-state index is 0.199. The van der Waals surface area contributed by atoms with E-state index in [4.69, 9.17) is 9.40 Å². The zero-order valence-corrected chi connectivity index (χ0v) is 19.4. The van der Waals surface area contributed by atoms with Gasteiger partial charge in [0.1, 0.15) is 17.9 Å². The number of nitrogens with zero attached hydrogens (tertiary/aromatic N) is 3. The summed E-state index contributed by atoms with van der Waals surface area (Å²) in [6, 6.07) is 29.8. The molecular weight excluding hydrogens is 430 g/mol.